The topological polar surface area (TPSA) is 160 Å². The summed E-state index contributed by atoms with van der Waals surface area (Å²) in [7, 11) is 3.27. The molecule has 0 radical (unpaired) electrons. The van der Waals surface area contributed by atoms with Crippen molar-refractivity contribution in [3.8, 4) is 0 Å². The molecule has 4 aromatic heterocycles. The van der Waals surface area contributed by atoms with Crippen molar-refractivity contribution in [1.82, 2.24) is 43.7 Å². The predicted octanol–water partition coefficient (Wildman–Crippen LogP) is 5.95. The van der Waals surface area contributed by atoms with Gasteiger partial charge in [-0.25, -0.2) is 31.9 Å². The Morgan fingerprint density at radius 2 is 1.80 bits per heavy atom. The molecular formula is C44H54F4N12O4. The highest BCUT2D eigenvalue weighted by Gasteiger charge is 2.47. The Morgan fingerprint density at radius 3 is 2.52 bits per heavy atom. The van der Waals surface area contributed by atoms with E-state index in [1.165, 1.54) is 30.7 Å². The highest BCUT2D eigenvalue weighted by Crippen LogP contribution is 2.40. The van der Waals surface area contributed by atoms with Gasteiger partial charge in [0.2, 0.25) is 11.8 Å². The standard InChI is InChI=1S/C44H54F4N12O4/c1-43(2)17-6-18-57(24-43)34-16-20-58-39(51-34)28(21-49-58)40(62)50-29-23-59(53-36(29)38(45)46)27-11-9-26(10-12-27)22-54(3)33-15-19-56(25-44(33,47)48)30-7-5-8-31-37(30)55(4)42(64)60(31)32-13-14-35(61)52-41(32)63/h5,7-8,16,20-21,23,26-27,32-33,38H,6,9-15,17-19,22,24-25H2,1-4H3,(H,50,62)(H,52,61,63)/t26-,27-,32?,33?. The summed E-state index contributed by atoms with van der Waals surface area (Å²) in [5.41, 5.74) is 0.851. The number of aromatic nitrogens is 7. The Hall–Kier alpha value is -5.79. The van der Waals surface area contributed by atoms with Crippen LogP contribution in [0.2, 0.25) is 0 Å². The van der Waals surface area contributed by atoms with Crippen molar-refractivity contribution in [2.75, 3.05) is 54.9 Å². The molecule has 342 valence electrons. The number of nitrogens with one attached hydrogen (secondary N) is 2. The lowest BCUT2D eigenvalue weighted by Gasteiger charge is -2.44. The van der Waals surface area contributed by atoms with Gasteiger partial charge in [-0.2, -0.15) is 10.2 Å². The van der Waals surface area contributed by atoms with Gasteiger partial charge in [0, 0.05) is 52.0 Å². The lowest BCUT2D eigenvalue weighted by atomic mass is 9.84. The van der Waals surface area contributed by atoms with Crippen molar-refractivity contribution < 1.29 is 31.9 Å². The highest BCUT2D eigenvalue weighted by atomic mass is 19.3. The van der Waals surface area contributed by atoms with Gasteiger partial charge >= 0.3 is 5.69 Å². The number of alkyl halides is 4. The van der Waals surface area contributed by atoms with Crippen LogP contribution in [0.1, 0.15) is 106 Å². The van der Waals surface area contributed by atoms with E-state index in [1.54, 1.807) is 48.3 Å². The van der Waals surface area contributed by atoms with Crippen LogP contribution in [0.4, 0.5) is 34.8 Å². The minimum Gasteiger partial charge on any atom is -0.364 e. The summed E-state index contributed by atoms with van der Waals surface area (Å²) < 4.78 is 66.8. The van der Waals surface area contributed by atoms with Gasteiger partial charge in [0.1, 0.15) is 17.4 Å². The second-order valence-electron chi connectivity index (χ2n) is 18.9. The number of amides is 3. The zero-order valence-electron chi connectivity index (χ0n) is 36.4. The van der Waals surface area contributed by atoms with Crippen molar-refractivity contribution in [1.29, 1.82) is 0 Å². The van der Waals surface area contributed by atoms with E-state index in [2.05, 4.69) is 39.6 Å². The fourth-order valence-electron chi connectivity index (χ4n) is 10.6. The van der Waals surface area contributed by atoms with E-state index in [0.29, 0.717) is 61.1 Å². The molecule has 2 atom stereocenters. The molecule has 4 aliphatic rings. The lowest BCUT2D eigenvalue weighted by molar-refractivity contribution is -0.135. The van der Waals surface area contributed by atoms with Gasteiger partial charge in [0.15, 0.2) is 11.3 Å². The Bertz CT molecular complexity index is 2660. The van der Waals surface area contributed by atoms with E-state index in [1.807, 2.05) is 6.07 Å². The molecule has 0 spiro atoms. The van der Waals surface area contributed by atoms with Crippen LogP contribution in [0.5, 0.6) is 0 Å². The maximum atomic E-state index is 16.2. The summed E-state index contributed by atoms with van der Waals surface area (Å²) in [5, 5.41) is 13.5. The zero-order valence-corrected chi connectivity index (χ0v) is 36.4. The predicted molar refractivity (Wildman–Crippen MR) is 231 cm³/mol. The van der Waals surface area contributed by atoms with Gasteiger partial charge in [-0.1, -0.05) is 19.9 Å². The van der Waals surface area contributed by atoms with Crippen molar-refractivity contribution in [3.05, 3.63) is 64.6 Å². The minimum absolute atomic E-state index is 0.0888. The molecule has 9 rings (SSSR count). The minimum atomic E-state index is -3.11. The maximum absolute atomic E-state index is 16.2. The average Bonchev–Trinajstić information content (AvgIpc) is 3.94. The molecule has 3 aliphatic heterocycles. The first-order valence-electron chi connectivity index (χ1n) is 22.1. The largest absolute Gasteiger partial charge is 0.364 e. The normalized spacial score (nSPS) is 24.0. The van der Waals surface area contributed by atoms with Crippen LogP contribution in [-0.2, 0) is 16.6 Å². The van der Waals surface area contributed by atoms with Crippen LogP contribution in [0.3, 0.4) is 0 Å². The maximum Gasteiger partial charge on any atom is 0.329 e. The number of hydrogen-bond acceptors (Lipinski definition) is 10. The first-order chi connectivity index (χ1) is 30.5. The number of hydrogen-bond donors (Lipinski definition) is 2. The number of benzene rings is 1. The smallest absolute Gasteiger partial charge is 0.329 e. The van der Waals surface area contributed by atoms with Crippen molar-refractivity contribution >= 4 is 51.6 Å². The molecule has 64 heavy (non-hydrogen) atoms. The number of carbonyl (C=O) groups is 3. The summed E-state index contributed by atoms with van der Waals surface area (Å²) in [4.78, 5) is 61.9. The van der Waals surface area contributed by atoms with Crippen molar-refractivity contribution in [2.24, 2.45) is 18.4 Å². The molecule has 5 aromatic rings. The van der Waals surface area contributed by atoms with E-state index in [-0.39, 0.29) is 47.9 Å². The van der Waals surface area contributed by atoms with E-state index < -0.39 is 60.1 Å². The molecule has 3 saturated heterocycles. The number of piperidine rings is 3. The molecule has 1 aromatic carbocycles. The van der Waals surface area contributed by atoms with E-state index in [0.717, 1.165) is 31.7 Å². The number of imide groups is 1. The molecule has 1 saturated carbocycles. The first kappa shape index (κ1) is 43.5. The Kier molecular flexibility index (Phi) is 11.3. The van der Waals surface area contributed by atoms with Gasteiger partial charge in [-0.3, -0.25) is 38.4 Å². The molecule has 2 N–H and O–H groups in total. The fourth-order valence-corrected chi connectivity index (χ4v) is 10.6. The first-order valence-corrected chi connectivity index (χ1v) is 22.1. The molecule has 2 unspecified atom stereocenters. The molecule has 4 fully saturated rings. The Morgan fingerprint density at radius 1 is 1.02 bits per heavy atom. The second-order valence-corrected chi connectivity index (χ2v) is 18.9. The van der Waals surface area contributed by atoms with Gasteiger partial charge < -0.3 is 15.1 Å². The van der Waals surface area contributed by atoms with Crippen LogP contribution < -0.4 is 26.1 Å². The molecule has 3 amide bonds. The molecule has 16 nitrogen and oxygen atoms in total. The summed E-state index contributed by atoms with van der Waals surface area (Å²) in [5.74, 6) is -3.88. The lowest BCUT2D eigenvalue weighted by Crippen LogP contribution is -2.58. The van der Waals surface area contributed by atoms with Gasteiger partial charge in [-0.15, -0.1) is 0 Å². The number of halogens is 4. The van der Waals surface area contributed by atoms with Gasteiger partial charge in [0.25, 0.3) is 18.3 Å². The average molecular weight is 891 g/mol. The molecular weight excluding hydrogens is 837 g/mol. The Labute approximate surface area is 366 Å². The molecule has 0 bridgehead atoms. The number of anilines is 3. The third-order valence-electron chi connectivity index (χ3n) is 13.8. The number of imidazole rings is 1. The monoisotopic (exact) mass is 890 g/mol. The molecule has 20 heteroatoms. The summed E-state index contributed by atoms with van der Waals surface area (Å²) in [6, 6.07) is 4.80. The zero-order chi connectivity index (χ0) is 45.2. The summed E-state index contributed by atoms with van der Waals surface area (Å²) in [6.07, 6.45) is 6.72. The summed E-state index contributed by atoms with van der Waals surface area (Å²) in [6.45, 7) is 6.25. The quantitative estimate of drug-likeness (QED) is 0.127. The van der Waals surface area contributed by atoms with Crippen LogP contribution in [0.15, 0.2) is 47.7 Å². The van der Waals surface area contributed by atoms with Crippen LogP contribution in [-0.4, -0.2) is 108 Å². The Balaban J connectivity index is 0.827. The third-order valence-corrected chi connectivity index (χ3v) is 13.8. The third kappa shape index (κ3) is 8.13. The van der Waals surface area contributed by atoms with E-state index >= 15 is 8.78 Å². The number of para-hydroxylation sites is 1. The number of aryl methyl sites for hydroxylation is 1. The van der Waals surface area contributed by atoms with Gasteiger partial charge in [-0.05, 0) is 87.9 Å². The van der Waals surface area contributed by atoms with Crippen LogP contribution in [0, 0.1) is 11.3 Å². The van der Waals surface area contributed by atoms with Crippen LogP contribution >= 0.6 is 0 Å². The number of nitrogens with zero attached hydrogens (tertiary/aromatic N) is 10. The summed E-state index contributed by atoms with van der Waals surface area (Å²) >= 11 is 0. The second kappa shape index (κ2) is 16.6. The van der Waals surface area contributed by atoms with Crippen LogP contribution in [0.25, 0.3) is 16.7 Å². The number of rotatable bonds is 10. The van der Waals surface area contributed by atoms with Gasteiger partial charge in [0.05, 0.1) is 47.2 Å². The SMILES string of the molecule is CN(C[C@H]1CC[C@H](n2cc(NC(=O)c3cnn4ccc(N5CCCC(C)(C)C5)nc34)c(C(F)F)n2)CC1)C1CCN(c2cccc3c2n(C)c(=O)n3C2CCC(=O)NC2=O)CC1(F)F. The van der Waals surface area contributed by atoms with E-state index in [9.17, 15) is 28.0 Å². The van der Waals surface area contributed by atoms with Crippen molar-refractivity contribution in [2.45, 2.75) is 102 Å². The molecule has 7 heterocycles. The number of fused-ring (bicyclic) bond motifs is 2. The van der Waals surface area contributed by atoms with E-state index in [4.69, 9.17) is 4.98 Å². The van der Waals surface area contributed by atoms with Crippen molar-refractivity contribution in [3.63, 3.8) is 0 Å². The number of carbonyl (C=O) groups excluding carboxylic acids is 3. The fraction of sp³-hybridized carbons (Fsp3) is 0.568. The highest BCUT2D eigenvalue weighted by molar-refractivity contribution is 6.08. The molecule has 1 aliphatic carbocycles.